The highest BCUT2D eigenvalue weighted by Crippen LogP contribution is 2.43. The molecule has 3 nitrogen and oxygen atoms in total. The minimum absolute atomic E-state index is 0.101. The smallest absolute Gasteiger partial charge is 0.303 e. The summed E-state index contributed by atoms with van der Waals surface area (Å²) in [6.07, 6.45) is -0.101. The van der Waals surface area contributed by atoms with Crippen LogP contribution in [0.3, 0.4) is 0 Å². The van der Waals surface area contributed by atoms with E-state index in [4.69, 9.17) is 4.74 Å². The van der Waals surface area contributed by atoms with Gasteiger partial charge in [0.05, 0.1) is 0 Å². The van der Waals surface area contributed by atoms with E-state index in [0.717, 1.165) is 0 Å². The van der Waals surface area contributed by atoms with Gasteiger partial charge in [-0.05, 0) is 0 Å². The normalized spacial score (nSPS) is 11.0. The number of rotatable bonds is 4. The molecular formula is C15H15O3P. The van der Waals surface area contributed by atoms with Crippen LogP contribution in [-0.2, 0) is 14.1 Å². The first-order chi connectivity index (χ1) is 9.13. The zero-order valence-electron chi connectivity index (χ0n) is 10.7. The lowest BCUT2D eigenvalue weighted by Crippen LogP contribution is -2.20. The highest BCUT2D eigenvalue weighted by Gasteiger charge is 2.28. The van der Waals surface area contributed by atoms with Crippen LogP contribution in [0.1, 0.15) is 6.92 Å². The zero-order valence-corrected chi connectivity index (χ0v) is 11.5. The molecule has 0 radical (unpaired) electrons. The standard InChI is InChI=1S/C15H15O3P/c1-13(16)18-12-19(17,14-8-4-2-5-9-14)15-10-6-3-7-11-15/h2-11H,12H2,1H3. The molecule has 0 aromatic heterocycles. The topological polar surface area (TPSA) is 43.4 Å². The molecule has 0 spiro atoms. The number of benzene rings is 2. The van der Waals surface area contributed by atoms with E-state index in [1.165, 1.54) is 6.92 Å². The molecule has 0 atom stereocenters. The van der Waals surface area contributed by atoms with Crippen molar-refractivity contribution in [3.63, 3.8) is 0 Å². The molecule has 0 heterocycles. The molecular weight excluding hydrogens is 259 g/mol. The van der Waals surface area contributed by atoms with Crippen LogP contribution in [0.5, 0.6) is 0 Å². The van der Waals surface area contributed by atoms with Gasteiger partial charge in [0.25, 0.3) is 0 Å². The van der Waals surface area contributed by atoms with Gasteiger partial charge in [0, 0.05) is 17.5 Å². The summed E-state index contributed by atoms with van der Waals surface area (Å²) >= 11 is 0. The van der Waals surface area contributed by atoms with Crippen LogP contribution < -0.4 is 10.6 Å². The van der Waals surface area contributed by atoms with E-state index in [0.29, 0.717) is 10.6 Å². The van der Waals surface area contributed by atoms with Crippen LogP contribution >= 0.6 is 7.14 Å². The van der Waals surface area contributed by atoms with Gasteiger partial charge in [-0.1, -0.05) is 60.7 Å². The van der Waals surface area contributed by atoms with Crippen LogP contribution in [0.4, 0.5) is 0 Å². The van der Waals surface area contributed by atoms with Gasteiger partial charge in [-0.3, -0.25) is 4.79 Å². The van der Waals surface area contributed by atoms with Gasteiger partial charge in [-0.15, -0.1) is 0 Å². The highest BCUT2D eigenvalue weighted by molar-refractivity contribution is 7.78. The number of hydrogen-bond acceptors (Lipinski definition) is 3. The number of carbonyl (C=O) groups is 1. The number of carbonyl (C=O) groups excluding carboxylic acids is 1. The Labute approximate surface area is 112 Å². The molecule has 0 bridgehead atoms. The summed E-state index contributed by atoms with van der Waals surface area (Å²) in [4.78, 5) is 11.0. The minimum Gasteiger partial charge on any atom is -0.457 e. The Kier molecular flexibility index (Phi) is 4.18. The molecule has 98 valence electrons. The predicted octanol–water partition coefficient (Wildman–Crippen LogP) is 2.52. The Bertz CT molecular complexity index is 550. The molecule has 0 amide bonds. The molecule has 0 N–H and O–H groups in total. The second kappa shape index (κ2) is 5.85. The summed E-state index contributed by atoms with van der Waals surface area (Å²) in [5.74, 6) is -0.424. The van der Waals surface area contributed by atoms with Crippen molar-refractivity contribution in [1.82, 2.24) is 0 Å². The van der Waals surface area contributed by atoms with Crippen LogP contribution in [-0.4, -0.2) is 12.3 Å². The van der Waals surface area contributed by atoms with E-state index in [9.17, 15) is 9.36 Å². The lowest BCUT2D eigenvalue weighted by molar-refractivity contribution is -0.138. The van der Waals surface area contributed by atoms with E-state index in [2.05, 4.69) is 0 Å². The maximum Gasteiger partial charge on any atom is 0.303 e. The lowest BCUT2D eigenvalue weighted by Gasteiger charge is -2.18. The Balaban J connectivity index is 2.45. The predicted molar refractivity (Wildman–Crippen MR) is 76.4 cm³/mol. The van der Waals surface area contributed by atoms with Gasteiger partial charge in [0.15, 0.2) is 13.5 Å². The van der Waals surface area contributed by atoms with Crippen LogP contribution in [0.2, 0.25) is 0 Å². The Hall–Kier alpha value is -1.86. The fourth-order valence-electron chi connectivity index (χ4n) is 1.82. The van der Waals surface area contributed by atoms with Gasteiger partial charge >= 0.3 is 5.97 Å². The highest BCUT2D eigenvalue weighted by atomic mass is 31.2. The van der Waals surface area contributed by atoms with Crippen molar-refractivity contribution < 1.29 is 14.1 Å². The summed E-state index contributed by atoms with van der Waals surface area (Å²) in [5.41, 5.74) is 0. The average molecular weight is 274 g/mol. The molecule has 2 rings (SSSR count). The van der Waals surface area contributed by atoms with Crippen molar-refractivity contribution in [2.45, 2.75) is 6.92 Å². The summed E-state index contributed by atoms with van der Waals surface area (Å²) in [6.45, 7) is 1.32. The van der Waals surface area contributed by atoms with Gasteiger partial charge < -0.3 is 9.30 Å². The van der Waals surface area contributed by atoms with E-state index >= 15 is 0 Å². The molecule has 4 heteroatoms. The van der Waals surface area contributed by atoms with Crippen LogP contribution in [0, 0.1) is 0 Å². The Morgan fingerprint density at radius 2 is 1.37 bits per heavy atom. The van der Waals surface area contributed by atoms with Crippen molar-refractivity contribution in [3.8, 4) is 0 Å². The molecule has 0 saturated heterocycles. The van der Waals surface area contributed by atoms with E-state index in [1.807, 2.05) is 36.4 Å². The fraction of sp³-hybridized carbons (Fsp3) is 0.133. The summed E-state index contributed by atoms with van der Waals surface area (Å²) in [6, 6.07) is 18.3. The first-order valence-corrected chi connectivity index (χ1v) is 7.86. The zero-order chi connectivity index (χ0) is 13.7. The molecule has 2 aromatic carbocycles. The Morgan fingerprint density at radius 3 is 1.74 bits per heavy atom. The third-order valence-electron chi connectivity index (χ3n) is 2.80. The Morgan fingerprint density at radius 1 is 0.947 bits per heavy atom. The summed E-state index contributed by atoms with van der Waals surface area (Å²) in [5, 5.41) is 1.39. The number of hydrogen-bond donors (Lipinski definition) is 0. The average Bonchev–Trinajstić information content (AvgIpc) is 2.46. The van der Waals surface area contributed by atoms with E-state index in [-0.39, 0.29) is 6.35 Å². The maximum absolute atomic E-state index is 13.2. The first kappa shape index (κ1) is 13.6. The van der Waals surface area contributed by atoms with Crippen LogP contribution in [0.15, 0.2) is 60.7 Å². The molecule has 0 saturated carbocycles. The number of esters is 1. The molecule has 2 aromatic rings. The summed E-state index contributed by atoms with van der Waals surface area (Å²) < 4.78 is 18.3. The SMILES string of the molecule is CC(=O)OCP(=O)(c1ccccc1)c1ccccc1. The monoisotopic (exact) mass is 274 g/mol. The minimum atomic E-state index is -2.92. The van der Waals surface area contributed by atoms with Crippen molar-refractivity contribution in [2.24, 2.45) is 0 Å². The summed E-state index contributed by atoms with van der Waals surface area (Å²) in [7, 11) is -2.92. The quantitative estimate of drug-likeness (QED) is 0.635. The van der Waals surface area contributed by atoms with Gasteiger partial charge in [0.2, 0.25) is 0 Å². The second-order valence-corrected chi connectivity index (χ2v) is 6.95. The molecule has 19 heavy (non-hydrogen) atoms. The largest absolute Gasteiger partial charge is 0.457 e. The van der Waals surface area contributed by atoms with Crippen LogP contribution in [0.25, 0.3) is 0 Å². The first-order valence-electron chi connectivity index (χ1n) is 5.96. The molecule has 0 aliphatic heterocycles. The maximum atomic E-state index is 13.2. The third-order valence-corrected chi connectivity index (χ3v) is 5.55. The molecule has 0 aliphatic carbocycles. The fourth-order valence-corrected chi connectivity index (χ4v) is 4.08. The molecule has 0 unspecified atom stereocenters. The van der Waals surface area contributed by atoms with E-state index < -0.39 is 13.1 Å². The van der Waals surface area contributed by atoms with Gasteiger partial charge in [-0.2, -0.15) is 0 Å². The van der Waals surface area contributed by atoms with Crippen molar-refractivity contribution in [2.75, 3.05) is 6.35 Å². The van der Waals surface area contributed by atoms with Crippen molar-refractivity contribution in [1.29, 1.82) is 0 Å². The van der Waals surface area contributed by atoms with E-state index in [1.54, 1.807) is 24.3 Å². The molecule has 0 fully saturated rings. The lowest BCUT2D eigenvalue weighted by atomic mass is 10.4. The van der Waals surface area contributed by atoms with Gasteiger partial charge in [-0.25, -0.2) is 0 Å². The molecule has 0 aliphatic rings. The number of ether oxygens (including phenoxy) is 1. The second-order valence-electron chi connectivity index (χ2n) is 4.18. The van der Waals surface area contributed by atoms with Crippen molar-refractivity contribution in [3.05, 3.63) is 60.7 Å². The third kappa shape index (κ3) is 3.12. The van der Waals surface area contributed by atoms with Crippen molar-refractivity contribution >= 4 is 23.7 Å². The van der Waals surface area contributed by atoms with Gasteiger partial charge in [0.1, 0.15) is 0 Å².